The summed E-state index contributed by atoms with van der Waals surface area (Å²) in [6.07, 6.45) is 1.83. The molecule has 0 spiro atoms. The zero-order valence-corrected chi connectivity index (χ0v) is 8.10. The van der Waals surface area contributed by atoms with Crippen molar-refractivity contribution < 1.29 is 9.94 Å². The number of aliphatic hydroxyl groups excluding tert-OH is 1. The van der Waals surface area contributed by atoms with Crippen molar-refractivity contribution in [1.29, 1.82) is 0 Å². The monoisotopic (exact) mass is 191 g/mol. The van der Waals surface area contributed by atoms with Crippen LogP contribution in [0, 0.1) is 0 Å². The van der Waals surface area contributed by atoms with Gasteiger partial charge in [0.05, 0.1) is 18.3 Å². The first-order valence-electron chi connectivity index (χ1n) is 4.70. The summed E-state index contributed by atoms with van der Waals surface area (Å²) in [4.78, 5) is 5.41. The number of para-hydroxylation sites is 1. The van der Waals surface area contributed by atoms with Crippen LogP contribution in [0.4, 0.5) is 0 Å². The largest absolute Gasteiger partial charge is 0.414 e. The minimum atomic E-state index is 0.0422. The normalized spacial score (nSPS) is 10.7. The molecule has 2 rings (SSSR count). The van der Waals surface area contributed by atoms with Crippen molar-refractivity contribution in [1.82, 2.24) is 4.73 Å². The van der Waals surface area contributed by atoms with E-state index in [0.29, 0.717) is 6.61 Å². The SMILES string of the molecule is CCOn1cc(CO)c2ccccc21. The fourth-order valence-electron chi connectivity index (χ4n) is 1.59. The number of fused-ring (bicyclic) bond motifs is 1. The Kier molecular flexibility index (Phi) is 2.41. The van der Waals surface area contributed by atoms with Crippen LogP contribution >= 0.6 is 0 Å². The van der Waals surface area contributed by atoms with Crippen LogP contribution in [-0.2, 0) is 6.61 Å². The lowest BCUT2D eigenvalue weighted by Gasteiger charge is -2.03. The Labute approximate surface area is 82.5 Å². The van der Waals surface area contributed by atoms with Crippen molar-refractivity contribution >= 4 is 10.9 Å². The molecule has 3 nitrogen and oxygen atoms in total. The molecule has 0 unspecified atom stereocenters. The molecule has 0 aliphatic carbocycles. The van der Waals surface area contributed by atoms with E-state index in [2.05, 4.69) is 0 Å². The highest BCUT2D eigenvalue weighted by Gasteiger charge is 2.06. The quantitative estimate of drug-likeness (QED) is 0.799. The molecule has 14 heavy (non-hydrogen) atoms. The van der Waals surface area contributed by atoms with Gasteiger partial charge >= 0.3 is 0 Å². The maximum Gasteiger partial charge on any atom is 0.112 e. The highest BCUT2D eigenvalue weighted by Crippen LogP contribution is 2.20. The van der Waals surface area contributed by atoms with Crippen LogP contribution in [0.3, 0.4) is 0 Å². The second-order valence-corrected chi connectivity index (χ2v) is 3.07. The highest BCUT2D eigenvalue weighted by molar-refractivity contribution is 5.83. The third-order valence-electron chi connectivity index (χ3n) is 2.20. The van der Waals surface area contributed by atoms with Gasteiger partial charge in [-0.1, -0.05) is 18.2 Å². The molecule has 0 aliphatic heterocycles. The zero-order chi connectivity index (χ0) is 9.97. The van der Waals surface area contributed by atoms with E-state index >= 15 is 0 Å². The number of aromatic nitrogens is 1. The maximum absolute atomic E-state index is 9.15. The molecule has 1 N–H and O–H groups in total. The molecule has 2 aromatic rings. The minimum Gasteiger partial charge on any atom is -0.414 e. The molecule has 0 atom stereocenters. The number of nitrogens with zero attached hydrogens (tertiary/aromatic N) is 1. The van der Waals surface area contributed by atoms with Crippen molar-refractivity contribution in [3.05, 3.63) is 36.0 Å². The van der Waals surface area contributed by atoms with Gasteiger partial charge in [0.1, 0.15) is 6.61 Å². The van der Waals surface area contributed by atoms with Gasteiger partial charge in [0.25, 0.3) is 0 Å². The summed E-state index contributed by atoms with van der Waals surface area (Å²) in [5.41, 5.74) is 1.90. The summed E-state index contributed by atoms with van der Waals surface area (Å²) < 4.78 is 1.71. The molecule has 0 saturated carbocycles. The van der Waals surface area contributed by atoms with E-state index in [1.807, 2.05) is 37.4 Å². The number of hydrogen-bond acceptors (Lipinski definition) is 2. The Morgan fingerprint density at radius 1 is 1.36 bits per heavy atom. The molecule has 1 aromatic carbocycles. The van der Waals surface area contributed by atoms with E-state index in [0.717, 1.165) is 16.5 Å². The first-order valence-corrected chi connectivity index (χ1v) is 4.70. The Bertz CT molecular complexity index is 434. The third-order valence-corrected chi connectivity index (χ3v) is 2.20. The summed E-state index contributed by atoms with van der Waals surface area (Å²) in [5, 5.41) is 10.2. The summed E-state index contributed by atoms with van der Waals surface area (Å²) in [5.74, 6) is 0. The van der Waals surface area contributed by atoms with Crippen LogP contribution in [0.25, 0.3) is 10.9 Å². The topological polar surface area (TPSA) is 34.4 Å². The molecule has 0 amide bonds. The van der Waals surface area contributed by atoms with Gasteiger partial charge in [0.2, 0.25) is 0 Å². The Hall–Kier alpha value is -1.48. The van der Waals surface area contributed by atoms with Crippen LogP contribution in [-0.4, -0.2) is 16.4 Å². The van der Waals surface area contributed by atoms with Crippen LogP contribution in [0.2, 0.25) is 0 Å². The molecule has 1 aromatic heterocycles. The van der Waals surface area contributed by atoms with Crippen molar-refractivity contribution in [2.24, 2.45) is 0 Å². The number of hydrogen-bond donors (Lipinski definition) is 1. The van der Waals surface area contributed by atoms with Gasteiger partial charge in [0, 0.05) is 10.9 Å². The predicted molar refractivity (Wildman–Crippen MR) is 55.0 cm³/mol. The maximum atomic E-state index is 9.15. The van der Waals surface area contributed by atoms with Crippen LogP contribution < -0.4 is 4.84 Å². The number of rotatable bonds is 3. The van der Waals surface area contributed by atoms with Crippen molar-refractivity contribution in [3.8, 4) is 0 Å². The van der Waals surface area contributed by atoms with Gasteiger partial charge in [-0.2, -0.15) is 4.73 Å². The molecule has 0 aliphatic rings. The smallest absolute Gasteiger partial charge is 0.112 e. The average Bonchev–Trinajstić information content (AvgIpc) is 2.58. The average molecular weight is 191 g/mol. The molecular weight excluding hydrogens is 178 g/mol. The third kappa shape index (κ3) is 1.36. The highest BCUT2D eigenvalue weighted by atomic mass is 16.7. The van der Waals surface area contributed by atoms with Gasteiger partial charge in [-0.15, -0.1) is 0 Å². The molecular formula is C11H13NO2. The van der Waals surface area contributed by atoms with Gasteiger partial charge in [0.15, 0.2) is 0 Å². The zero-order valence-electron chi connectivity index (χ0n) is 8.10. The van der Waals surface area contributed by atoms with Crippen molar-refractivity contribution in [2.75, 3.05) is 6.61 Å². The van der Waals surface area contributed by atoms with E-state index < -0.39 is 0 Å². The molecule has 0 radical (unpaired) electrons. The van der Waals surface area contributed by atoms with Gasteiger partial charge in [-0.05, 0) is 13.0 Å². The van der Waals surface area contributed by atoms with Crippen molar-refractivity contribution in [3.63, 3.8) is 0 Å². The molecule has 0 fully saturated rings. The van der Waals surface area contributed by atoms with Crippen LogP contribution in [0.1, 0.15) is 12.5 Å². The molecule has 1 heterocycles. The van der Waals surface area contributed by atoms with E-state index in [9.17, 15) is 0 Å². The summed E-state index contributed by atoms with van der Waals surface area (Å²) in [6.45, 7) is 2.59. The first kappa shape index (κ1) is 9.09. The van der Waals surface area contributed by atoms with E-state index in [4.69, 9.17) is 9.94 Å². The lowest BCUT2D eigenvalue weighted by atomic mass is 10.2. The Morgan fingerprint density at radius 2 is 2.14 bits per heavy atom. The lowest BCUT2D eigenvalue weighted by Crippen LogP contribution is -2.08. The Morgan fingerprint density at radius 3 is 2.86 bits per heavy atom. The van der Waals surface area contributed by atoms with Gasteiger partial charge < -0.3 is 9.94 Å². The second-order valence-electron chi connectivity index (χ2n) is 3.07. The van der Waals surface area contributed by atoms with E-state index in [1.165, 1.54) is 0 Å². The first-order chi connectivity index (χ1) is 6.86. The Balaban J connectivity index is 2.61. The van der Waals surface area contributed by atoms with Gasteiger partial charge in [-0.25, -0.2) is 0 Å². The van der Waals surface area contributed by atoms with E-state index in [1.54, 1.807) is 4.73 Å². The minimum absolute atomic E-state index is 0.0422. The fraction of sp³-hybridized carbons (Fsp3) is 0.273. The molecule has 0 bridgehead atoms. The standard InChI is InChI=1S/C11H13NO2/c1-2-14-12-7-9(8-13)10-5-3-4-6-11(10)12/h3-7,13H,2,8H2,1H3. The van der Waals surface area contributed by atoms with Crippen LogP contribution in [0.15, 0.2) is 30.5 Å². The van der Waals surface area contributed by atoms with Crippen LogP contribution in [0.5, 0.6) is 0 Å². The van der Waals surface area contributed by atoms with E-state index in [-0.39, 0.29) is 6.61 Å². The lowest BCUT2D eigenvalue weighted by molar-refractivity contribution is 0.131. The number of aliphatic hydroxyl groups is 1. The molecule has 0 saturated heterocycles. The summed E-state index contributed by atoms with van der Waals surface area (Å²) in [6, 6.07) is 7.87. The van der Waals surface area contributed by atoms with Gasteiger partial charge in [-0.3, -0.25) is 0 Å². The second kappa shape index (κ2) is 3.72. The predicted octanol–water partition coefficient (Wildman–Crippen LogP) is 1.58. The number of benzene rings is 1. The molecule has 74 valence electrons. The summed E-state index contributed by atoms with van der Waals surface area (Å²) >= 11 is 0. The summed E-state index contributed by atoms with van der Waals surface area (Å²) in [7, 11) is 0. The van der Waals surface area contributed by atoms with Crippen molar-refractivity contribution in [2.45, 2.75) is 13.5 Å². The molecule has 3 heteroatoms. The fourth-order valence-corrected chi connectivity index (χ4v) is 1.59.